The Bertz CT molecular complexity index is 154. The van der Waals surface area contributed by atoms with Gasteiger partial charge in [-0.25, -0.2) is 4.79 Å². The highest BCUT2D eigenvalue weighted by molar-refractivity contribution is 6.75. The molecule has 0 aromatic rings. The molecule has 0 aliphatic heterocycles. The average molecular weight is 254 g/mol. The highest BCUT2D eigenvalue weighted by Crippen LogP contribution is 2.28. The minimum atomic E-state index is -2.00. The van der Waals surface area contributed by atoms with Gasteiger partial charge >= 0.3 is 5.97 Å². The lowest BCUT2D eigenvalue weighted by molar-refractivity contribution is -0.147. The second kappa shape index (κ2) is 5.38. The smallest absolute Gasteiger partial charge is 0.358 e. The SMILES string of the molecule is CC(CCCl)OC(=O)C(Cl)(Cl)Cl. The van der Waals surface area contributed by atoms with Crippen molar-refractivity contribution in [2.75, 3.05) is 5.88 Å². The fourth-order valence-corrected chi connectivity index (χ4v) is 0.903. The molecule has 6 heteroatoms. The van der Waals surface area contributed by atoms with E-state index < -0.39 is 9.76 Å². The van der Waals surface area contributed by atoms with Crippen molar-refractivity contribution in [1.29, 1.82) is 0 Å². The van der Waals surface area contributed by atoms with E-state index in [9.17, 15) is 4.79 Å². The molecule has 0 saturated heterocycles. The van der Waals surface area contributed by atoms with E-state index in [1.54, 1.807) is 6.92 Å². The van der Waals surface area contributed by atoms with Crippen molar-refractivity contribution in [3.63, 3.8) is 0 Å². The molecule has 0 rings (SSSR count). The number of hydrogen-bond acceptors (Lipinski definition) is 2. The molecule has 0 aliphatic rings. The number of alkyl halides is 4. The molecule has 0 N–H and O–H groups in total. The number of rotatable bonds is 3. The maximum absolute atomic E-state index is 10.9. The zero-order chi connectivity index (χ0) is 9.78. The fourth-order valence-electron chi connectivity index (χ4n) is 0.462. The quantitative estimate of drug-likeness (QED) is 0.571. The van der Waals surface area contributed by atoms with Crippen molar-refractivity contribution >= 4 is 52.4 Å². The van der Waals surface area contributed by atoms with Gasteiger partial charge in [0.05, 0.1) is 0 Å². The van der Waals surface area contributed by atoms with Gasteiger partial charge < -0.3 is 4.74 Å². The van der Waals surface area contributed by atoms with Crippen molar-refractivity contribution in [2.45, 2.75) is 23.2 Å². The third-order valence-electron chi connectivity index (χ3n) is 1.06. The molecule has 0 heterocycles. The van der Waals surface area contributed by atoms with E-state index in [1.807, 2.05) is 0 Å². The van der Waals surface area contributed by atoms with Crippen LogP contribution in [-0.2, 0) is 9.53 Å². The van der Waals surface area contributed by atoms with Crippen molar-refractivity contribution in [2.24, 2.45) is 0 Å². The summed E-state index contributed by atoms with van der Waals surface area (Å²) in [4.78, 5) is 10.9. The van der Waals surface area contributed by atoms with Gasteiger partial charge in [-0.15, -0.1) is 11.6 Å². The summed E-state index contributed by atoms with van der Waals surface area (Å²) in [6.07, 6.45) is 0.208. The third-order valence-corrected chi connectivity index (χ3v) is 1.74. The summed E-state index contributed by atoms with van der Waals surface area (Å²) < 4.78 is 2.74. The van der Waals surface area contributed by atoms with E-state index in [0.29, 0.717) is 12.3 Å². The van der Waals surface area contributed by atoms with Crippen LogP contribution in [0, 0.1) is 0 Å². The van der Waals surface area contributed by atoms with Gasteiger partial charge in [-0.1, -0.05) is 34.8 Å². The number of carbonyl (C=O) groups excluding carboxylic acids is 1. The van der Waals surface area contributed by atoms with Crippen LogP contribution in [0.1, 0.15) is 13.3 Å². The van der Waals surface area contributed by atoms with Gasteiger partial charge in [0.15, 0.2) is 0 Å². The molecule has 0 fully saturated rings. The second-order valence-electron chi connectivity index (χ2n) is 2.19. The van der Waals surface area contributed by atoms with Crippen LogP contribution in [0.25, 0.3) is 0 Å². The van der Waals surface area contributed by atoms with Crippen LogP contribution in [0.2, 0.25) is 0 Å². The molecule has 1 unspecified atom stereocenters. The van der Waals surface area contributed by atoms with Gasteiger partial charge in [0, 0.05) is 5.88 Å². The average Bonchev–Trinajstić information content (AvgIpc) is 1.85. The summed E-state index contributed by atoms with van der Waals surface area (Å²) >= 11 is 21.2. The van der Waals surface area contributed by atoms with Gasteiger partial charge in [0.1, 0.15) is 6.10 Å². The summed E-state index contributed by atoms with van der Waals surface area (Å²) in [6, 6.07) is 0. The van der Waals surface area contributed by atoms with Gasteiger partial charge in [-0.3, -0.25) is 0 Å². The first-order valence-corrected chi connectivity index (χ1v) is 4.88. The van der Waals surface area contributed by atoms with Gasteiger partial charge in [-0.05, 0) is 13.3 Å². The third kappa shape index (κ3) is 5.31. The highest BCUT2D eigenvalue weighted by atomic mass is 35.6. The maximum atomic E-state index is 10.9. The van der Waals surface area contributed by atoms with E-state index in [1.165, 1.54) is 0 Å². The standard InChI is InChI=1S/C6H8Cl4O2/c1-4(2-3-7)12-5(11)6(8,9)10/h4H,2-3H2,1H3. The first kappa shape index (κ1) is 12.6. The van der Waals surface area contributed by atoms with Crippen LogP contribution in [0.5, 0.6) is 0 Å². The van der Waals surface area contributed by atoms with Crippen molar-refractivity contribution in [1.82, 2.24) is 0 Å². The fraction of sp³-hybridized carbons (Fsp3) is 0.833. The van der Waals surface area contributed by atoms with E-state index in [4.69, 9.17) is 51.1 Å². The molecule has 0 aliphatic carbocycles. The molecule has 0 amide bonds. The van der Waals surface area contributed by atoms with E-state index >= 15 is 0 Å². The lowest BCUT2D eigenvalue weighted by Crippen LogP contribution is -2.26. The Morgan fingerprint density at radius 3 is 2.33 bits per heavy atom. The van der Waals surface area contributed by atoms with Crippen LogP contribution in [-0.4, -0.2) is 21.7 Å². The number of esters is 1. The monoisotopic (exact) mass is 252 g/mol. The highest BCUT2D eigenvalue weighted by Gasteiger charge is 2.33. The maximum Gasteiger partial charge on any atom is 0.358 e. The Morgan fingerprint density at radius 1 is 1.50 bits per heavy atom. The van der Waals surface area contributed by atoms with Crippen LogP contribution < -0.4 is 0 Å². The first-order valence-electron chi connectivity index (χ1n) is 3.21. The number of hydrogen-bond donors (Lipinski definition) is 0. The molecular weight excluding hydrogens is 246 g/mol. The van der Waals surface area contributed by atoms with Crippen molar-refractivity contribution in [3.8, 4) is 0 Å². The predicted molar refractivity (Wildman–Crippen MR) is 51.2 cm³/mol. The van der Waals surface area contributed by atoms with Crippen LogP contribution in [0.3, 0.4) is 0 Å². The molecule has 0 bridgehead atoms. The minimum Gasteiger partial charge on any atom is -0.459 e. The normalized spacial score (nSPS) is 14.1. The summed E-state index contributed by atoms with van der Waals surface area (Å²) in [5.41, 5.74) is 0. The molecule has 0 aromatic carbocycles. The van der Waals surface area contributed by atoms with Crippen LogP contribution in [0.4, 0.5) is 0 Å². The molecule has 72 valence electrons. The predicted octanol–water partition coefficient (Wildman–Crippen LogP) is 2.92. The molecule has 2 nitrogen and oxygen atoms in total. The molecule has 0 aromatic heterocycles. The van der Waals surface area contributed by atoms with Crippen LogP contribution in [0.15, 0.2) is 0 Å². The Hall–Kier alpha value is 0.630. The van der Waals surface area contributed by atoms with E-state index in [-0.39, 0.29) is 6.10 Å². The molecule has 1 atom stereocenters. The van der Waals surface area contributed by atoms with Gasteiger partial charge in [0.2, 0.25) is 0 Å². The number of halogens is 4. The molecule has 0 saturated carbocycles. The number of carbonyl (C=O) groups is 1. The summed E-state index contributed by atoms with van der Waals surface area (Å²) in [5.74, 6) is -0.473. The summed E-state index contributed by atoms with van der Waals surface area (Å²) in [6.45, 7) is 1.68. The topological polar surface area (TPSA) is 26.3 Å². The zero-order valence-electron chi connectivity index (χ0n) is 6.32. The summed E-state index contributed by atoms with van der Waals surface area (Å²) in [7, 11) is 0. The second-order valence-corrected chi connectivity index (χ2v) is 4.85. The molecule has 0 radical (unpaired) electrons. The largest absolute Gasteiger partial charge is 0.459 e. The van der Waals surface area contributed by atoms with Crippen molar-refractivity contribution in [3.05, 3.63) is 0 Å². The Balaban J connectivity index is 3.85. The minimum absolute atomic E-state index is 0.328. The van der Waals surface area contributed by atoms with Crippen LogP contribution >= 0.6 is 46.4 Å². The Morgan fingerprint density at radius 2 is 2.00 bits per heavy atom. The van der Waals surface area contributed by atoms with E-state index in [0.717, 1.165) is 0 Å². The number of ether oxygens (including phenoxy) is 1. The van der Waals surface area contributed by atoms with Gasteiger partial charge in [-0.2, -0.15) is 0 Å². The van der Waals surface area contributed by atoms with Gasteiger partial charge in [0.25, 0.3) is 3.79 Å². The zero-order valence-corrected chi connectivity index (χ0v) is 9.34. The Labute approximate surface area is 91.1 Å². The lowest BCUT2D eigenvalue weighted by Gasteiger charge is -2.15. The van der Waals surface area contributed by atoms with Crippen molar-refractivity contribution < 1.29 is 9.53 Å². The molecule has 12 heavy (non-hydrogen) atoms. The van der Waals surface area contributed by atoms with E-state index in [2.05, 4.69) is 0 Å². The lowest BCUT2D eigenvalue weighted by atomic mass is 10.3. The molecular formula is C6H8Cl4O2. The molecule has 0 spiro atoms. The summed E-state index contributed by atoms with van der Waals surface area (Å²) in [5, 5.41) is 0. The Kier molecular flexibility index (Phi) is 5.66. The first-order chi connectivity index (χ1) is 5.38.